The number of hydrogen-bond acceptors (Lipinski definition) is 2. The SMILES string of the molecule is CCc1ccnc2occc12. The molecule has 0 bridgehead atoms. The number of rotatable bonds is 1. The van der Waals surface area contributed by atoms with E-state index in [0.29, 0.717) is 0 Å². The van der Waals surface area contributed by atoms with Crippen LogP contribution in [0.5, 0.6) is 0 Å². The highest BCUT2D eigenvalue weighted by Crippen LogP contribution is 2.17. The number of nitrogens with zero attached hydrogens (tertiary/aromatic N) is 1. The second-order valence-electron chi connectivity index (χ2n) is 2.46. The molecule has 0 amide bonds. The molecule has 2 nitrogen and oxygen atoms in total. The van der Waals surface area contributed by atoms with Crippen LogP contribution in [0.15, 0.2) is 29.0 Å². The molecule has 0 aliphatic carbocycles. The van der Waals surface area contributed by atoms with Gasteiger partial charge in [-0.05, 0) is 24.1 Å². The van der Waals surface area contributed by atoms with Crippen molar-refractivity contribution in [3.63, 3.8) is 0 Å². The van der Waals surface area contributed by atoms with E-state index >= 15 is 0 Å². The van der Waals surface area contributed by atoms with E-state index < -0.39 is 0 Å². The predicted octanol–water partition coefficient (Wildman–Crippen LogP) is 2.39. The fourth-order valence-corrected chi connectivity index (χ4v) is 1.24. The molecule has 0 fully saturated rings. The number of aromatic nitrogens is 1. The summed E-state index contributed by atoms with van der Waals surface area (Å²) in [6.07, 6.45) is 4.49. The first kappa shape index (κ1) is 6.40. The Bertz CT molecular complexity index is 364. The monoisotopic (exact) mass is 147 g/mol. The molecule has 0 unspecified atom stereocenters. The topological polar surface area (TPSA) is 26.0 Å². The number of fused-ring (bicyclic) bond motifs is 1. The Hall–Kier alpha value is -1.31. The van der Waals surface area contributed by atoms with E-state index in [2.05, 4.69) is 11.9 Å². The third kappa shape index (κ3) is 0.909. The van der Waals surface area contributed by atoms with Gasteiger partial charge in [0.05, 0.1) is 6.26 Å². The molecular formula is C9H9NO. The maximum Gasteiger partial charge on any atom is 0.226 e. The number of hydrogen-bond donors (Lipinski definition) is 0. The molecule has 2 heterocycles. The molecule has 2 aromatic rings. The third-order valence-corrected chi connectivity index (χ3v) is 1.84. The Kier molecular flexibility index (Phi) is 1.39. The lowest BCUT2D eigenvalue weighted by atomic mass is 10.1. The lowest BCUT2D eigenvalue weighted by Gasteiger charge is -1.94. The van der Waals surface area contributed by atoms with Crippen molar-refractivity contribution in [3.8, 4) is 0 Å². The second kappa shape index (κ2) is 2.38. The van der Waals surface area contributed by atoms with Crippen LogP contribution in [0.2, 0.25) is 0 Å². The Morgan fingerprint density at radius 2 is 2.36 bits per heavy atom. The average Bonchev–Trinajstić information content (AvgIpc) is 2.50. The van der Waals surface area contributed by atoms with Crippen LogP contribution in [-0.2, 0) is 6.42 Å². The molecule has 2 rings (SSSR count). The quantitative estimate of drug-likeness (QED) is 0.619. The standard InChI is InChI=1S/C9H9NO/c1-2-7-3-5-10-9-8(7)4-6-11-9/h3-6H,2H2,1H3. The molecule has 2 heteroatoms. The van der Waals surface area contributed by atoms with Crippen molar-refractivity contribution >= 4 is 11.1 Å². The van der Waals surface area contributed by atoms with Crippen molar-refractivity contribution in [2.24, 2.45) is 0 Å². The van der Waals surface area contributed by atoms with E-state index in [0.717, 1.165) is 17.5 Å². The summed E-state index contributed by atoms with van der Waals surface area (Å²) in [5, 5.41) is 1.13. The zero-order valence-corrected chi connectivity index (χ0v) is 6.37. The molecule has 2 aromatic heterocycles. The Labute approximate surface area is 64.9 Å². The van der Waals surface area contributed by atoms with Crippen LogP contribution in [0.1, 0.15) is 12.5 Å². The smallest absolute Gasteiger partial charge is 0.226 e. The highest BCUT2D eigenvalue weighted by Gasteiger charge is 2.00. The summed E-state index contributed by atoms with van der Waals surface area (Å²) in [6.45, 7) is 2.13. The molecule has 0 aliphatic heterocycles. The number of pyridine rings is 1. The van der Waals surface area contributed by atoms with Gasteiger partial charge in [0.1, 0.15) is 0 Å². The molecule has 0 aromatic carbocycles. The van der Waals surface area contributed by atoms with Crippen molar-refractivity contribution < 1.29 is 4.42 Å². The number of aryl methyl sites for hydroxylation is 1. The highest BCUT2D eigenvalue weighted by molar-refractivity contribution is 5.76. The molecule has 56 valence electrons. The fraction of sp³-hybridized carbons (Fsp3) is 0.222. The summed E-state index contributed by atoms with van der Waals surface area (Å²) in [5.74, 6) is 0. The molecule has 11 heavy (non-hydrogen) atoms. The normalized spacial score (nSPS) is 10.6. The van der Waals surface area contributed by atoms with Crippen LogP contribution in [0.25, 0.3) is 11.1 Å². The van der Waals surface area contributed by atoms with Crippen molar-refractivity contribution in [1.29, 1.82) is 0 Å². The van der Waals surface area contributed by atoms with E-state index in [9.17, 15) is 0 Å². The van der Waals surface area contributed by atoms with E-state index in [4.69, 9.17) is 4.42 Å². The van der Waals surface area contributed by atoms with Crippen molar-refractivity contribution in [2.75, 3.05) is 0 Å². The Morgan fingerprint density at radius 1 is 1.45 bits per heavy atom. The minimum absolute atomic E-state index is 0.740. The van der Waals surface area contributed by atoms with Crippen LogP contribution in [0, 0.1) is 0 Å². The summed E-state index contributed by atoms with van der Waals surface area (Å²) < 4.78 is 5.15. The molecular weight excluding hydrogens is 138 g/mol. The van der Waals surface area contributed by atoms with E-state index in [1.54, 1.807) is 12.5 Å². The van der Waals surface area contributed by atoms with Gasteiger partial charge in [-0.25, -0.2) is 4.98 Å². The first-order valence-electron chi connectivity index (χ1n) is 3.73. The van der Waals surface area contributed by atoms with Crippen molar-refractivity contribution in [1.82, 2.24) is 4.98 Å². The minimum atomic E-state index is 0.740. The van der Waals surface area contributed by atoms with Crippen LogP contribution >= 0.6 is 0 Å². The van der Waals surface area contributed by atoms with Gasteiger partial charge in [0.2, 0.25) is 5.71 Å². The lowest BCUT2D eigenvalue weighted by Crippen LogP contribution is -1.81. The van der Waals surface area contributed by atoms with Crippen molar-refractivity contribution in [3.05, 3.63) is 30.2 Å². The number of furan rings is 1. The summed E-state index contributed by atoms with van der Waals surface area (Å²) in [5.41, 5.74) is 2.04. The van der Waals surface area contributed by atoms with Gasteiger partial charge in [-0.15, -0.1) is 0 Å². The molecule has 0 saturated carbocycles. The molecule has 0 N–H and O–H groups in total. The van der Waals surface area contributed by atoms with Crippen LogP contribution in [-0.4, -0.2) is 4.98 Å². The lowest BCUT2D eigenvalue weighted by molar-refractivity contribution is 0.603. The van der Waals surface area contributed by atoms with Gasteiger partial charge in [0, 0.05) is 11.6 Å². The molecule has 0 atom stereocenters. The average molecular weight is 147 g/mol. The summed E-state index contributed by atoms with van der Waals surface area (Å²) in [6, 6.07) is 3.99. The van der Waals surface area contributed by atoms with Crippen LogP contribution in [0.4, 0.5) is 0 Å². The van der Waals surface area contributed by atoms with Gasteiger partial charge in [-0.2, -0.15) is 0 Å². The molecule has 0 spiro atoms. The minimum Gasteiger partial charge on any atom is -0.446 e. The Balaban J connectivity index is 2.79. The first-order chi connectivity index (χ1) is 5.42. The summed E-state index contributed by atoms with van der Waals surface area (Å²) >= 11 is 0. The first-order valence-corrected chi connectivity index (χ1v) is 3.73. The van der Waals surface area contributed by atoms with Crippen LogP contribution < -0.4 is 0 Å². The van der Waals surface area contributed by atoms with Crippen molar-refractivity contribution in [2.45, 2.75) is 13.3 Å². The Morgan fingerprint density at radius 3 is 3.18 bits per heavy atom. The second-order valence-corrected chi connectivity index (χ2v) is 2.46. The highest BCUT2D eigenvalue weighted by atomic mass is 16.3. The predicted molar refractivity (Wildman–Crippen MR) is 43.4 cm³/mol. The largest absolute Gasteiger partial charge is 0.446 e. The third-order valence-electron chi connectivity index (χ3n) is 1.84. The van der Waals surface area contributed by atoms with Gasteiger partial charge in [0.25, 0.3) is 0 Å². The van der Waals surface area contributed by atoms with E-state index in [1.165, 1.54) is 5.56 Å². The maximum absolute atomic E-state index is 5.15. The summed E-state index contributed by atoms with van der Waals surface area (Å²) in [7, 11) is 0. The summed E-state index contributed by atoms with van der Waals surface area (Å²) in [4.78, 5) is 4.08. The molecule has 0 radical (unpaired) electrons. The molecule has 0 saturated heterocycles. The van der Waals surface area contributed by atoms with Gasteiger partial charge < -0.3 is 4.42 Å². The van der Waals surface area contributed by atoms with E-state index in [1.807, 2.05) is 12.1 Å². The van der Waals surface area contributed by atoms with Crippen LogP contribution in [0.3, 0.4) is 0 Å². The van der Waals surface area contributed by atoms with Gasteiger partial charge in [-0.3, -0.25) is 0 Å². The van der Waals surface area contributed by atoms with Gasteiger partial charge >= 0.3 is 0 Å². The van der Waals surface area contributed by atoms with Gasteiger partial charge in [-0.1, -0.05) is 6.92 Å². The van der Waals surface area contributed by atoms with Gasteiger partial charge in [0.15, 0.2) is 0 Å². The fourth-order valence-electron chi connectivity index (χ4n) is 1.24. The van der Waals surface area contributed by atoms with E-state index in [-0.39, 0.29) is 0 Å². The maximum atomic E-state index is 5.15. The molecule has 0 aliphatic rings. The zero-order chi connectivity index (χ0) is 7.68. The zero-order valence-electron chi connectivity index (χ0n) is 6.37.